The third-order valence-electron chi connectivity index (χ3n) is 4.78. The lowest BCUT2D eigenvalue weighted by atomic mass is 10.2. The first-order valence-electron chi connectivity index (χ1n) is 8.53. The zero-order valence-electron chi connectivity index (χ0n) is 14.5. The molecule has 0 aliphatic carbocycles. The van der Waals surface area contributed by atoms with Gasteiger partial charge in [-0.15, -0.1) is 0 Å². The maximum Gasteiger partial charge on any atom is 0.223 e. The molecular formula is C16H27N5O3. The molecule has 1 aromatic heterocycles. The summed E-state index contributed by atoms with van der Waals surface area (Å²) in [5.74, 6) is 0.867. The fraction of sp³-hybridized carbons (Fsp3) is 0.750. The number of likely N-dealkylation sites (N-methyl/N-ethyl adjacent to an activating group) is 1. The summed E-state index contributed by atoms with van der Waals surface area (Å²) >= 11 is 0. The van der Waals surface area contributed by atoms with E-state index in [1.807, 2.05) is 11.9 Å². The van der Waals surface area contributed by atoms with Gasteiger partial charge in [-0.3, -0.25) is 14.4 Å². The zero-order chi connectivity index (χ0) is 17.1. The number of aliphatic hydroxyl groups excluding tert-OH is 1. The lowest BCUT2D eigenvalue weighted by Crippen LogP contribution is -2.47. The Hall–Kier alpha value is -1.64. The van der Waals surface area contributed by atoms with Gasteiger partial charge in [-0.25, -0.2) is 0 Å². The van der Waals surface area contributed by atoms with Gasteiger partial charge in [0.2, 0.25) is 5.91 Å². The van der Waals surface area contributed by atoms with E-state index in [1.165, 1.54) is 0 Å². The van der Waals surface area contributed by atoms with Gasteiger partial charge in [0.15, 0.2) is 5.75 Å². The summed E-state index contributed by atoms with van der Waals surface area (Å²) in [6, 6.07) is 0. The molecular weight excluding hydrogens is 310 g/mol. The van der Waals surface area contributed by atoms with Gasteiger partial charge in [-0.2, -0.15) is 5.10 Å². The molecule has 1 N–H and O–H groups in total. The van der Waals surface area contributed by atoms with Crippen LogP contribution in [-0.2, 0) is 11.8 Å². The van der Waals surface area contributed by atoms with Crippen molar-refractivity contribution in [2.75, 3.05) is 52.9 Å². The summed E-state index contributed by atoms with van der Waals surface area (Å²) in [6.45, 7) is 5.34. The van der Waals surface area contributed by atoms with Crippen molar-refractivity contribution in [3.05, 3.63) is 12.4 Å². The van der Waals surface area contributed by atoms with Crippen molar-refractivity contribution in [2.45, 2.75) is 18.6 Å². The fourth-order valence-electron chi connectivity index (χ4n) is 3.23. The molecule has 3 heterocycles. The molecule has 134 valence electrons. The van der Waals surface area contributed by atoms with Gasteiger partial charge in [0.05, 0.1) is 12.4 Å². The second-order valence-corrected chi connectivity index (χ2v) is 6.77. The van der Waals surface area contributed by atoms with Gasteiger partial charge in [0, 0.05) is 59.3 Å². The Morgan fingerprint density at radius 3 is 2.71 bits per heavy atom. The third kappa shape index (κ3) is 4.25. The van der Waals surface area contributed by atoms with E-state index in [4.69, 9.17) is 4.74 Å². The maximum absolute atomic E-state index is 12.3. The SMILES string of the molecule is CN1CCN(C(=O)CCN2C[C@@H](O)[C@H](Oc3cnn(C)c3)C2)CC1. The number of aryl methyl sites for hydroxylation is 1. The van der Waals surface area contributed by atoms with Crippen molar-refractivity contribution in [1.82, 2.24) is 24.5 Å². The number of ether oxygens (including phenoxy) is 1. The lowest BCUT2D eigenvalue weighted by molar-refractivity contribution is -0.133. The molecule has 1 aromatic rings. The second kappa shape index (κ2) is 7.50. The van der Waals surface area contributed by atoms with E-state index >= 15 is 0 Å². The minimum Gasteiger partial charge on any atom is -0.483 e. The van der Waals surface area contributed by atoms with Crippen LogP contribution in [0.4, 0.5) is 0 Å². The van der Waals surface area contributed by atoms with Gasteiger partial charge in [0.25, 0.3) is 0 Å². The van der Waals surface area contributed by atoms with Gasteiger partial charge in [-0.05, 0) is 7.05 Å². The molecule has 24 heavy (non-hydrogen) atoms. The van der Waals surface area contributed by atoms with Crippen molar-refractivity contribution in [3.63, 3.8) is 0 Å². The largest absolute Gasteiger partial charge is 0.483 e. The summed E-state index contributed by atoms with van der Waals surface area (Å²) in [4.78, 5) is 18.6. The molecule has 8 heteroatoms. The molecule has 0 unspecified atom stereocenters. The molecule has 3 rings (SSSR count). The Morgan fingerprint density at radius 1 is 1.29 bits per heavy atom. The van der Waals surface area contributed by atoms with Crippen LogP contribution in [0, 0.1) is 0 Å². The van der Waals surface area contributed by atoms with E-state index in [1.54, 1.807) is 17.1 Å². The highest BCUT2D eigenvalue weighted by Gasteiger charge is 2.33. The van der Waals surface area contributed by atoms with Crippen LogP contribution in [0.15, 0.2) is 12.4 Å². The van der Waals surface area contributed by atoms with Crippen LogP contribution in [-0.4, -0.2) is 101 Å². The number of hydrogen-bond acceptors (Lipinski definition) is 6. The molecule has 2 atom stereocenters. The van der Waals surface area contributed by atoms with E-state index in [-0.39, 0.29) is 12.0 Å². The summed E-state index contributed by atoms with van der Waals surface area (Å²) in [6.07, 6.45) is 3.12. The smallest absolute Gasteiger partial charge is 0.223 e. The van der Waals surface area contributed by atoms with E-state index < -0.39 is 6.10 Å². The number of aliphatic hydroxyl groups is 1. The van der Waals surface area contributed by atoms with Crippen LogP contribution in [0.25, 0.3) is 0 Å². The Morgan fingerprint density at radius 2 is 2.04 bits per heavy atom. The van der Waals surface area contributed by atoms with Crippen molar-refractivity contribution in [1.29, 1.82) is 0 Å². The van der Waals surface area contributed by atoms with Crippen LogP contribution in [0.5, 0.6) is 5.75 Å². The topological polar surface area (TPSA) is 74.1 Å². The maximum atomic E-state index is 12.3. The van der Waals surface area contributed by atoms with Crippen LogP contribution < -0.4 is 4.74 Å². The van der Waals surface area contributed by atoms with Crippen LogP contribution in [0.1, 0.15) is 6.42 Å². The molecule has 0 bridgehead atoms. The molecule has 0 aromatic carbocycles. The number of nitrogens with zero attached hydrogens (tertiary/aromatic N) is 5. The molecule has 8 nitrogen and oxygen atoms in total. The number of rotatable bonds is 5. The summed E-state index contributed by atoms with van der Waals surface area (Å²) in [7, 11) is 3.91. The highest BCUT2D eigenvalue weighted by atomic mass is 16.5. The molecule has 1 amide bonds. The van der Waals surface area contributed by atoms with Crippen molar-refractivity contribution >= 4 is 5.91 Å². The van der Waals surface area contributed by atoms with Crippen molar-refractivity contribution < 1.29 is 14.6 Å². The van der Waals surface area contributed by atoms with Crippen molar-refractivity contribution in [3.8, 4) is 5.75 Å². The average molecular weight is 337 g/mol. The lowest BCUT2D eigenvalue weighted by Gasteiger charge is -2.32. The van der Waals surface area contributed by atoms with Gasteiger partial charge < -0.3 is 19.6 Å². The van der Waals surface area contributed by atoms with Gasteiger partial charge in [0.1, 0.15) is 12.2 Å². The number of likely N-dealkylation sites (tertiary alicyclic amines) is 1. The Kier molecular flexibility index (Phi) is 5.37. The highest BCUT2D eigenvalue weighted by Crippen LogP contribution is 2.18. The minimum absolute atomic E-state index is 0.203. The predicted octanol–water partition coefficient (Wildman–Crippen LogP) is -0.992. The quantitative estimate of drug-likeness (QED) is 0.744. The zero-order valence-corrected chi connectivity index (χ0v) is 14.5. The standard InChI is InChI=1S/C16H27N5O3/c1-18-5-7-21(8-6-18)16(23)3-4-20-11-14(22)15(12-20)24-13-9-17-19(2)10-13/h9-10,14-15,22H,3-8,11-12H2,1-2H3/t14-,15-/m1/s1. The Balaban J connectivity index is 1.42. The first-order valence-corrected chi connectivity index (χ1v) is 8.53. The first-order chi connectivity index (χ1) is 11.5. The number of carbonyl (C=O) groups excluding carboxylic acids is 1. The van der Waals surface area contributed by atoms with Crippen LogP contribution in [0.2, 0.25) is 0 Å². The molecule has 2 aliphatic rings. The number of amides is 1. The minimum atomic E-state index is -0.538. The van der Waals surface area contributed by atoms with Gasteiger partial charge in [-0.1, -0.05) is 0 Å². The van der Waals surface area contributed by atoms with E-state index in [9.17, 15) is 9.90 Å². The third-order valence-corrected chi connectivity index (χ3v) is 4.78. The molecule has 0 radical (unpaired) electrons. The Labute approximate surface area is 142 Å². The molecule has 0 saturated carbocycles. The Bertz CT molecular complexity index is 556. The van der Waals surface area contributed by atoms with Crippen LogP contribution in [0.3, 0.4) is 0 Å². The number of aromatic nitrogens is 2. The van der Waals surface area contributed by atoms with Crippen LogP contribution >= 0.6 is 0 Å². The number of carbonyl (C=O) groups is 1. The van der Waals surface area contributed by atoms with Crippen molar-refractivity contribution in [2.24, 2.45) is 7.05 Å². The van der Waals surface area contributed by atoms with Gasteiger partial charge >= 0.3 is 0 Å². The summed E-state index contributed by atoms with van der Waals surface area (Å²) < 4.78 is 7.47. The normalized spacial score (nSPS) is 26.0. The average Bonchev–Trinajstić information content (AvgIpc) is 3.12. The number of β-amino-alcohol motifs (C(OH)–C–C–N with tert-alkyl or cyclic N) is 1. The summed E-state index contributed by atoms with van der Waals surface area (Å²) in [5.41, 5.74) is 0. The number of hydrogen-bond donors (Lipinski definition) is 1. The van der Waals surface area contributed by atoms with E-state index in [2.05, 4.69) is 21.9 Å². The molecule has 2 fully saturated rings. The molecule has 2 aliphatic heterocycles. The monoisotopic (exact) mass is 337 g/mol. The van der Waals surface area contributed by atoms with E-state index in [0.29, 0.717) is 31.8 Å². The second-order valence-electron chi connectivity index (χ2n) is 6.77. The fourth-order valence-corrected chi connectivity index (χ4v) is 3.23. The summed E-state index contributed by atoms with van der Waals surface area (Å²) in [5, 5.41) is 14.2. The molecule has 2 saturated heterocycles. The number of piperazine rings is 1. The predicted molar refractivity (Wildman–Crippen MR) is 88.8 cm³/mol. The van der Waals surface area contributed by atoms with E-state index in [0.717, 1.165) is 26.2 Å². The highest BCUT2D eigenvalue weighted by molar-refractivity contribution is 5.76. The first kappa shape index (κ1) is 17.2. The molecule has 0 spiro atoms.